The van der Waals surface area contributed by atoms with E-state index in [1.807, 2.05) is 41.0 Å². The monoisotopic (exact) mass is 576 g/mol. The molecule has 0 saturated carbocycles. The van der Waals surface area contributed by atoms with Crippen molar-refractivity contribution < 1.29 is 9.53 Å². The Morgan fingerprint density at radius 3 is 2.17 bits per heavy atom. The van der Waals surface area contributed by atoms with Gasteiger partial charge in [-0.15, -0.1) is 10.2 Å². The van der Waals surface area contributed by atoms with Crippen LogP contribution >= 0.6 is 11.8 Å². The number of aromatic nitrogens is 3. The summed E-state index contributed by atoms with van der Waals surface area (Å²) in [7, 11) is 1.67. The number of nitrogens with zero attached hydrogens (tertiary/aromatic N) is 3. The Hall–Kier alpha value is -4.36. The smallest absolute Gasteiger partial charge is 0.220 e. The molecular formula is C35H36N4O2S. The first-order valence-electron chi connectivity index (χ1n) is 14.3. The summed E-state index contributed by atoms with van der Waals surface area (Å²) in [5.74, 6) is 2.56. The SMILES string of the molecule is COc1ccccc1-n1c(SCCCC(=O)NCCC(c2ccccc2)c2ccccc2)nnc1-c1ccc(C)cc1. The van der Waals surface area contributed by atoms with Gasteiger partial charge in [0.25, 0.3) is 0 Å². The van der Waals surface area contributed by atoms with Crippen LogP contribution in [0.1, 0.15) is 41.9 Å². The number of para-hydroxylation sites is 2. The third-order valence-electron chi connectivity index (χ3n) is 7.21. The van der Waals surface area contributed by atoms with Crippen molar-refractivity contribution in [2.45, 2.75) is 37.3 Å². The maximum absolute atomic E-state index is 12.7. The molecular weight excluding hydrogens is 540 g/mol. The topological polar surface area (TPSA) is 69.0 Å². The van der Waals surface area contributed by atoms with E-state index in [1.165, 1.54) is 16.7 Å². The number of methoxy groups -OCH3 is 1. The molecule has 0 aliphatic carbocycles. The summed E-state index contributed by atoms with van der Waals surface area (Å²) < 4.78 is 7.71. The fourth-order valence-electron chi connectivity index (χ4n) is 5.02. The summed E-state index contributed by atoms with van der Waals surface area (Å²) in [6.07, 6.45) is 2.04. The molecule has 0 fully saturated rings. The molecule has 0 unspecified atom stereocenters. The lowest BCUT2D eigenvalue weighted by Gasteiger charge is -2.18. The number of benzene rings is 4. The highest BCUT2D eigenvalue weighted by atomic mass is 32.2. The van der Waals surface area contributed by atoms with Crippen molar-refractivity contribution in [2.24, 2.45) is 0 Å². The number of thioether (sulfide) groups is 1. The van der Waals surface area contributed by atoms with E-state index in [0.29, 0.717) is 13.0 Å². The maximum Gasteiger partial charge on any atom is 0.220 e. The van der Waals surface area contributed by atoms with Crippen LogP contribution in [0.5, 0.6) is 5.75 Å². The molecule has 0 radical (unpaired) electrons. The molecule has 1 N–H and O–H groups in total. The van der Waals surface area contributed by atoms with Gasteiger partial charge in [0, 0.05) is 30.2 Å². The molecule has 5 rings (SSSR count). The van der Waals surface area contributed by atoms with Gasteiger partial charge >= 0.3 is 0 Å². The molecule has 5 aromatic rings. The molecule has 0 bridgehead atoms. The molecule has 0 aliphatic rings. The molecule has 42 heavy (non-hydrogen) atoms. The van der Waals surface area contributed by atoms with Crippen molar-refractivity contribution in [2.75, 3.05) is 19.4 Å². The van der Waals surface area contributed by atoms with Crippen molar-refractivity contribution in [1.29, 1.82) is 0 Å². The lowest BCUT2D eigenvalue weighted by molar-refractivity contribution is -0.121. The first-order chi connectivity index (χ1) is 20.6. The van der Waals surface area contributed by atoms with Gasteiger partial charge in [-0.05, 0) is 43.0 Å². The molecule has 0 aliphatic heterocycles. The van der Waals surface area contributed by atoms with E-state index in [-0.39, 0.29) is 11.8 Å². The first-order valence-corrected chi connectivity index (χ1v) is 15.3. The molecule has 4 aromatic carbocycles. The zero-order valence-electron chi connectivity index (χ0n) is 24.1. The average Bonchev–Trinajstić information content (AvgIpc) is 3.46. The second-order valence-corrected chi connectivity index (χ2v) is 11.2. The third-order valence-corrected chi connectivity index (χ3v) is 8.22. The van der Waals surface area contributed by atoms with E-state index >= 15 is 0 Å². The van der Waals surface area contributed by atoms with Crippen LogP contribution in [0.4, 0.5) is 0 Å². The van der Waals surface area contributed by atoms with Gasteiger partial charge in [0.2, 0.25) is 5.91 Å². The van der Waals surface area contributed by atoms with E-state index in [1.54, 1.807) is 18.9 Å². The molecule has 1 heterocycles. The van der Waals surface area contributed by atoms with E-state index in [0.717, 1.165) is 46.6 Å². The normalized spacial score (nSPS) is 11.0. The van der Waals surface area contributed by atoms with Crippen LogP contribution in [0.2, 0.25) is 0 Å². The predicted octanol–water partition coefficient (Wildman–Crippen LogP) is 7.46. The lowest BCUT2D eigenvalue weighted by atomic mass is 9.88. The Bertz CT molecular complexity index is 1530. The molecule has 0 saturated heterocycles. The number of carbonyl (C=O) groups excluding carboxylic acids is 1. The Morgan fingerprint density at radius 1 is 0.857 bits per heavy atom. The average molecular weight is 577 g/mol. The van der Waals surface area contributed by atoms with E-state index in [4.69, 9.17) is 4.74 Å². The largest absolute Gasteiger partial charge is 0.495 e. The Labute approximate surface area is 252 Å². The zero-order chi connectivity index (χ0) is 29.1. The van der Waals surface area contributed by atoms with Crippen LogP contribution in [0.15, 0.2) is 114 Å². The summed E-state index contributed by atoms with van der Waals surface area (Å²) in [4.78, 5) is 12.7. The Morgan fingerprint density at radius 2 is 1.50 bits per heavy atom. The summed E-state index contributed by atoms with van der Waals surface area (Å²) in [5.41, 5.74) is 5.57. The van der Waals surface area contributed by atoms with Gasteiger partial charge in [-0.1, -0.05) is 114 Å². The summed E-state index contributed by atoms with van der Waals surface area (Å²) in [6.45, 7) is 2.69. The fourth-order valence-corrected chi connectivity index (χ4v) is 5.91. The van der Waals surface area contributed by atoms with Crippen LogP contribution in [0, 0.1) is 6.92 Å². The van der Waals surface area contributed by atoms with Crippen molar-refractivity contribution in [3.05, 3.63) is 126 Å². The lowest BCUT2D eigenvalue weighted by Crippen LogP contribution is -2.25. The van der Waals surface area contributed by atoms with Gasteiger partial charge in [-0.3, -0.25) is 9.36 Å². The third kappa shape index (κ3) is 7.28. The van der Waals surface area contributed by atoms with Gasteiger partial charge < -0.3 is 10.1 Å². The quantitative estimate of drug-likeness (QED) is 0.116. The highest BCUT2D eigenvalue weighted by molar-refractivity contribution is 7.99. The minimum absolute atomic E-state index is 0.0713. The minimum atomic E-state index is 0.0713. The number of nitrogens with one attached hydrogen (secondary N) is 1. The van der Waals surface area contributed by atoms with E-state index < -0.39 is 0 Å². The minimum Gasteiger partial charge on any atom is -0.495 e. The number of ether oxygens (including phenoxy) is 1. The Balaban J connectivity index is 1.19. The second-order valence-electron chi connectivity index (χ2n) is 10.1. The molecule has 0 spiro atoms. The van der Waals surface area contributed by atoms with E-state index in [9.17, 15) is 4.79 Å². The molecule has 1 amide bonds. The highest BCUT2D eigenvalue weighted by Crippen LogP contribution is 2.33. The maximum atomic E-state index is 12.7. The van der Waals surface area contributed by atoms with E-state index in [2.05, 4.69) is 95.2 Å². The summed E-state index contributed by atoms with van der Waals surface area (Å²) in [6, 6.07) is 37.1. The van der Waals surface area contributed by atoms with Crippen LogP contribution in [0.3, 0.4) is 0 Å². The van der Waals surface area contributed by atoms with Gasteiger partial charge in [0.05, 0.1) is 12.8 Å². The van der Waals surface area contributed by atoms with Crippen LogP contribution in [0.25, 0.3) is 17.1 Å². The number of hydrogen-bond donors (Lipinski definition) is 1. The fraction of sp³-hybridized carbons (Fsp3) is 0.229. The van der Waals surface area contributed by atoms with Gasteiger partial charge in [0.1, 0.15) is 5.75 Å². The second kappa shape index (κ2) is 14.5. The van der Waals surface area contributed by atoms with Crippen LogP contribution in [-0.2, 0) is 4.79 Å². The number of rotatable bonds is 13. The van der Waals surface area contributed by atoms with Crippen molar-refractivity contribution in [3.8, 4) is 22.8 Å². The number of hydrogen-bond acceptors (Lipinski definition) is 5. The van der Waals surface area contributed by atoms with Crippen LogP contribution < -0.4 is 10.1 Å². The predicted molar refractivity (Wildman–Crippen MR) is 170 cm³/mol. The molecule has 6 nitrogen and oxygen atoms in total. The zero-order valence-corrected chi connectivity index (χ0v) is 24.9. The Kier molecular flexibility index (Phi) is 10.1. The number of amides is 1. The van der Waals surface area contributed by atoms with Crippen molar-refractivity contribution in [3.63, 3.8) is 0 Å². The standard InChI is InChI=1S/C35H36N4O2S/c1-26-19-21-29(22-20-26)34-37-38-35(39(34)31-16-9-10-17-32(31)41-2)42-25-11-18-33(40)36-24-23-30(27-12-5-3-6-13-27)28-14-7-4-8-15-28/h3-10,12-17,19-22,30H,11,18,23-25H2,1-2H3,(H,36,40). The number of aryl methyl sites for hydroxylation is 1. The molecule has 0 atom stereocenters. The first kappa shape index (κ1) is 29.1. The highest BCUT2D eigenvalue weighted by Gasteiger charge is 2.19. The molecule has 7 heteroatoms. The van der Waals surface area contributed by atoms with Crippen molar-refractivity contribution >= 4 is 17.7 Å². The van der Waals surface area contributed by atoms with Crippen molar-refractivity contribution in [1.82, 2.24) is 20.1 Å². The number of carbonyl (C=O) groups is 1. The molecule has 1 aromatic heterocycles. The van der Waals surface area contributed by atoms with Crippen LogP contribution in [-0.4, -0.2) is 40.1 Å². The van der Waals surface area contributed by atoms with Gasteiger partial charge in [-0.25, -0.2) is 0 Å². The summed E-state index contributed by atoms with van der Waals surface area (Å²) in [5, 5.41) is 13.0. The molecule has 214 valence electrons. The summed E-state index contributed by atoms with van der Waals surface area (Å²) >= 11 is 1.60. The van der Waals surface area contributed by atoms with Gasteiger partial charge in [-0.2, -0.15) is 0 Å². The van der Waals surface area contributed by atoms with Gasteiger partial charge in [0.15, 0.2) is 11.0 Å².